The third-order valence-electron chi connectivity index (χ3n) is 3.57. The molecule has 6 heteroatoms. The molecule has 2 aromatic heterocycles. The maximum Gasteiger partial charge on any atom is 0.302 e. The second-order valence-corrected chi connectivity index (χ2v) is 6.65. The van der Waals surface area contributed by atoms with E-state index in [1.165, 1.54) is 22.5 Å². The number of fused-ring (bicyclic) bond motifs is 2. The minimum absolute atomic E-state index is 0.449. The first-order valence-electron chi connectivity index (χ1n) is 6.79. The largest absolute Gasteiger partial charge is 0.423 e. The molecule has 2 heterocycles. The lowest BCUT2D eigenvalue weighted by Gasteiger charge is -1.96. The van der Waals surface area contributed by atoms with Crippen molar-refractivity contribution in [3.05, 3.63) is 46.5 Å². The van der Waals surface area contributed by atoms with Crippen LogP contribution in [0, 0.1) is 13.8 Å². The average molecular weight is 330 g/mol. The highest BCUT2D eigenvalue weighted by Crippen LogP contribution is 2.31. The zero-order chi connectivity index (χ0) is 15.3. The molecule has 0 aliphatic carbocycles. The SMILES string of the molecule is Cc1cc2nc(Nc3nc4ccc(Cl)cc4s3)oc2cc1C. The van der Waals surface area contributed by atoms with Crippen molar-refractivity contribution in [2.45, 2.75) is 13.8 Å². The summed E-state index contributed by atoms with van der Waals surface area (Å²) in [4.78, 5) is 8.96. The maximum absolute atomic E-state index is 6.00. The smallest absolute Gasteiger partial charge is 0.302 e. The molecular weight excluding hydrogens is 318 g/mol. The molecule has 0 atom stereocenters. The van der Waals surface area contributed by atoms with Crippen LogP contribution in [0.3, 0.4) is 0 Å². The van der Waals surface area contributed by atoms with E-state index in [9.17, 15) is 0 Å². The van der Waals surface area contributed by atoms with Gasteiger partial charge in [-0.15, -0.1) is 0 Å². The predicted molar refractivity (Wildman–Crippen MR) is 91.4 cm³/mol. The van der Waals surface area contributed by atoms with E-state index in [1.807, 2.05) is 30.3 Å². The first-order chi connectivity index (χ1) is 10.6. The van der Waals surface area contributed by atoms with Crippen LogP contribution in [0.2, 0.25) is 5.02 Å². The Bertz CT molecular complexity index is 966. The number of benzene rings is 2. The number of hydrogen-bond donors (Lipinski definition) is 1. The number of oxazole rings is 1. The van der Waals surface area contributed by atoms with Gasteiger partial charge in [0, 0.05) is 5.02 Å². The highest BCUT2D eigenvalue weighted by Gasteiger charge is 2.10. The van der Waals surface area contributed by atoms with Crippen LogP contribution in [-0.4, -0.2) is 9.97 Å². The molecule has 0 saturated heterocycles. The Morgan fingerprint density at radius 2 is 1.86 bits per heavy atom. The summed E-state index contributed by atoms with van der Waals surface area (Å²) in [6, 6.07) is 10.1. The van der Waals surface area contributed by atoms with E-state index in [1.54, 1.807) is 0 Å². The Morgan fingerprint density at radius 1 is 1.05 bits per heavy atom. The van der Waals surface area contributed by atoms with Gasteiger partial charge in [0.2, 0.25) is 0 Å². The van der Waals surface area contributed by atoms with Gasteiger partial charge in [0.1, 0.15) is 5.52 Å². The third kappa shape index (κ3) is 2.32. The number of hydrogen-bond acceptors (Lipinski definition) is 5. The lowest BCUT2D eigenvalue weighted by molar-refractivity contribution is 0.622. The molecule has 2 aromatic carbocycles. The Kier molecular flexibility index (Phi) is 3.06. The number of aryl methyl sites for hydroxylation is 2. The van der Waals surface area contributed by atoms with E-state index in [4.69, 9.17) is 16.0 Å². The Labute approximate surface area is 135 Å². The Morgan fingerprint density at radius 3 is 2.73 bits per heavy atom. The van der Waals surface area contributed by atoms with E-state index < -0.39 is 0 Å². The molecule has 0 saturated carbocycles. The fraction of sp³-hybridized carbons (Fsp3) is 0.125. The van der Waals surface area contributed by atoms with Crippen molar-refractivity contribution < 1.29 is 4.42 Å². The van der Waals surface area contributed by atoms with Gasteiger partial charge in [-0.1, -0.05) is 22.9 Å². The quantitative estimate of drug-likeness (QED) is 0.531. The lowest BCUT2D eigenvalue weighted by atomic mass is 10.1. The van der Waals surface area contributed by atoms with Gasteiger partial charge in [0.25, 0.3) is 0 Å². The molecule has 0 bridgehead atoms. The summed E-state index contributed by atoms with van der Waals surface area (Å²) >= 11 is 7.51. The number of rotatable bonds is 2. The zero-order valence-corrected chi connectivity index (χ0v) is 13.5. The van der Waals surface area contributed by atoms with Gasteiger partial charge >= 0.3 is 6.01 Å². The molecule has 22 heavy (non-hydrogen) atoms. The van der Waals surface area contributed by atoms with Crippen LogP contribution in [0.1, 0.15) is 11.1 Å². The summed E-state index contributed by atoms with van der Waals surface area (Å²) in [5.41, 5.74) is 4.90. The normalized spacial score (nSPS) is 11.4. The van der Waals surface area contributed by atoms with Crippen LogP contribution in [0.15, 0.2) is 34.7 Å². The summed E-state index contributed by atoms with van der Waals surface area (Å²) in [7, 11) is 0. The van der Waals surface area contributed by atoms with Crippen molar-refractivity contribution in [2.75, 3.05) is 5.32 Å². The third-order valence-corrected chi connectivity index (χ3v) is 4.74. The molecule has 0 spiro atoms. The number of anilines is 2. The van der Waals surface area contributed by atoms with E-state index in [2.05, 4.69) is 29.1 Å². The molecule has 4 rings (SSSR count). The molecule has 0 unspecified atom stereocenters. The summed E-state index contributed by atoms with van der Waals surface area (Å²) < 4.78 is 6.77. The van der Waals surface area contributed by atoms with Crippen molar-refractivity contribution in [2.24, 2.45) is 0 Å². The minimum atomic E-state index is 0.449. The van der Waals surface area contributed by atoms with Crippen LogP contribution in [0.25, 0.3) is 21.3 Å². The van der Waals surface area contributed by atoms with Gasteiger partial charge in [-0.25, -0.2) is 4.98 Å². The topological polar surface area (TPSA) is 51.0 Å². The molecule has 4 nitrogen and oxygen atoms in total. The molecule has 1 N–H and O–H groups in total. The van der Waals surface area contributed by atoms with Crippen LogP contribution in [0.4, 0.5) is 11.1 Å². The first-order valence-corrected chi connectivity index (χ1v) is 7.99. The van der Waals surface area contributed by atoms with Crippen molar-refractivity contribution in [1.82, 2.24) is 9.97 Å². The Hall–Kier alpha value is -2.11. The van der Waals surface area contributed by atoms with E-state index in [-0.39, 0.29) is 0 Å². The van der Waals surface area contributed by atoms with Gasteiger partial charge in [0.15, 0.2) is 10.7 Å². The number of nitrogens with zero attached hydrogens (tertiary/aromatic N) is 2. The molecule has 0 aliphatic rings. The van der Waals surface area contributed by atoms with Crippen molar-refractivity contribution >= 4 is 55.4 Å². The highest BCUT2D eigenvalue weighted by atomic mass is 35.5. The molecule has 0 amide bonds. The molecule has 0 aliphatic heterocycles. The van der Waals surface area contributed by atoms with Gasteiger partial charge in [0.05, 0.1) is 10.2 Å². The van der Waals surface area contributed by atoms with E-state index in [0.29, 0.717) is 11.0 Å². The fourth-order valence-electron chi connectivity index (χ4n) is 2.28. The monoisotopic (exact) mass is 329 g/mol. The van der Waals surface area contributed by atoms with E-state index >= 15 is 0 Å². The second kappa shape index (κ2) is 4.97. The molecule has 4 aromatic rings. The highest BCUT2D eigenvalue weighted by molar-refractivity contribution is 7.22. The van der Waals surface area contributed by atoms with Crippen LogP contribution in [0.5, 0.6) is 0 Å². The Balaban J connectivity index is 1.72. The van der Waals surface area contributed by atoms with Crippen molar-refractivity contribution in [3.63, 3.8) is 0 Å². The fourth-order valence-corrected chi connectivity index (χ4v) is 3.41. The van der Waals surface area contributed by atoms with E-state index in [0.717, 1.165) is 26.4 Å². The van der Waals surface area contributed by atoms with Gasteiger partial charge in [-0.3, -0.25) is 5.32 Å². The first kappa shape index (κ1) is 13.5. The molecule has 110 valence electrons. The number of thiazole rings is 1. The predicted octanol–water partition coefficient (Wildman–Crippen LogP) is 5.45. The molecule has 0 fully saturated rings. The average Bonchev–Trinajstić information content (AvgIpc) is 3.02. The minimum Gasteiger partial charge on any atom is -0.423 e. The van der Waals surface area contributed by atoms with Crippen LogP contribution in [-0.2, 0) is 0 Å². The van der Waals surface area contributed by atoms with Gasteiger partial charge in [-0.2, -0.15) is 4.98 Å². The summed E-state index contributed by atoms with van der Waals surface area (Å²) in [6.45, 7) is 4.12. The zero-order valence-electron chi connectivity index (χ0n) is 12.0. The summed E-state index contributed by atoms with van der Waals surface area (Å²) in [5.74, 6) is 0. The second-order valence-electron chi connectivity index (χ2n) is 5.18. The van der Waals surface area contributed by atoms with Gasteiger partial charge in [-0.05, 0) is 55.3 Å². The van der Waals surface area contributed by atoms with Gasteiger partial charge < -0.3 is 4.42 Å². The number of halogens is 1. The van der Waals surface area contributed by atoms with Crippen LogP contribution >= 0.6 is 22.9 Å². The maximum atomic E-state index is 6.00. The summed E-state index contributed by atoms with van der Waals surface area (Å²) in [6.07, 6.45) is 0. The van der Waals surface area contributed by atoms with Crippen LogP contribution < -0.4 is 5.32 Å². The standard InChI is InChI=1S/C16H12ClN3OS/c1-8-5-12-13(6-9(8)2)21-15(18-12)20-16-19-11-4-3-10(17)7-14(11)22-16/h3-7H,1-2H3,(H,18,19,20). The number of nitrogens with one attached hydrogen (secondary N) is 1. The lowest BCUT2D eigenvalue weighted by Crippen LogP contribution is -1.88. The number of aromatic nitrogens is 2. The van der Waals surface area contributed by atoms with Crippen molar-refractivity contribution in [3.8, 4) is 0 Å². The molecule has 0 radical (unpaired) electrons. The van der Waals surface area contributed by atoms with Crippen molar-refractivity contribution in [1.29, 1.82) is 0 Å². The summed E-state index contributed by atoms with van der Waals surface area (Å²) in [5, 5.41) is 4.57. The molecular formula is C16H12ClN3OS.